The molecule has 0 spiro atoms. The second-order valence-corrected chi connectivity index (χ2v) is 7.46. The van der Waals surface area contributed by atoms with Gasteiger partial charge in [0.2, 0.25) is 0 Å². The van der Waals surface area contributed by atoms with E-state index in [4.69, 9.17) is 4.74 Å². The number of urea groups is 1. The fourth-order valence-electron chi connectivity index (χ4n) is 3.72. The number of hydrogen-bond acceptors (Lipinski definition) is 3. The topological polar surface area (TPSA) is 70.6 Å². The van der Waals surface area contributed by atoms with Crippen LogP contribution in [0.15, 0.2) is 24.3 Å². The highest BCUT2D eigenvalue weighted by Crippen LogP contribution is 2.36. The molecule has 140 valence electrons. The molecule has 1 aromatic carbocycles. The van der Waals surface area contributed by atoms with Gasteiger partial charge in [-0.25, -0.2) is 4.79 Å². The monoisotopic (exact) mass is 348 g/mol. The molecular weight excluding hydrogens is 316 g/mol. The van der Waals surface area contributed by atoms with Gasteiger partial charge in [0.25, 0.3) is 0 Å². The molecule has 2 rings (SSSR count). The van der Waals surface area contributed by atoms with Crippen LogP contribution in [0.5, 0.6) is 0 Å². The Morgan fingerprint density at radius 2 is 1.92 bits per heavy atom. The van der Waals surface area contributed by atoms with Crippen LogP contribution in [-0.2, 0) is 10.2 Å². The predicted octanol–water partition coefficient (Wildman–Crippen LogP) is 2.75. The number of nitrogens with one attached hydrogen (secondary N) is 2. The molecule has 25 heavy (non-hydrogen) atoms. The molecule has 2 amide bonds. The first-order chi connectivity index (χ1) is 11.9. The maximum absolute atomic E-state index is 12.2. The molecule has 1 saturated heterocycles. The molecule has 1 heterocycles. The summed E-state index contributed by atoms with van der Waals surface area (Å²) in [7, 11) is 0. The molecule has 0 radical (unpaired) electrons. The molecule has 3 N–H and O–H groups in total. The largest absolute Gasteiger partial charge is 0.393 e. The Balaban J connectivity index is 1.95. The molecule has 0 bridgehead atoms. The third-order valence-electron chi connectivity index (χ3n) is 5.11. The fraction of sp³-hybridized carbons (Fsp3) is 0.650. The summed E-state index contributed by atoms with van der Waals surface area (Å²) in [5, 5.41) is 15.4. The normalized spacial score (nSPS) is 19.0. The van der Waals surface area contributed by atoms with Crippen molar-refractivity contribution in [2.24, 2.45) is 5.92 Å². The second kappa shape index (κ2) is 9.20. The maximum atomic E-state index is 12.2. The van der Waals surface area contributed by atoms with Crippen molar-refractivity contribution in [3.8, 4) is 0 Å². The molecule has 0 aliphatic carbocycles. The Hall–Kier alpha value is -1.59. The van der Waals surface area contributed by atoms with E-state index in [0.717, 1.165) is 26.1 Å². The summed E-state index contributed by atoms with van der Waals surface area (Å²) in [6, 6.07) is 8.28. The molecule has 5 heteroatoms. The van der Waals surface area contributed by atoms with Gasteiger partial charge in [0, 0.05) is 31.7 Å². The molecule has 2 unspecified atom stereocenters. The summed E-state index contributed by atoms with van der Waals surface area (Å²) < 4.78 is 5.56. The van der Waals surface area contributed by atoms with Crippen molar-refractivity contribution in [2.75, 3.05) is 26.3 Å². The van der Waals surface area contributed by atoms with Crippen molar-refractivity contribution in [1.29, 1.82) is 0 Å². The molecular formula is C20H32N2O3. The first kappa shape index (κ1) is 19.7. The van der Waals surface area contributed by atoms with Gasteiger partial charge in [-0.05, 0) is 50.2 Å². The number of carbonyl (C=O) groups is 1. The molecule has 0 saturated carbocycles. The number of hydrogen-bond donors (Lipinski definition) is 3. The lowest BCUT2D eigenvalue weighted by Crippen LogP contribution is -2.48. The van der Waals surface area contributed by atoms with Crippen LogP contribution in [0.3, 0.4) is 0 Å². The Morgan fingerprint density at radius 1 is 1.24 bits per heavy atom. The zero-order valence-electron chi connectivity index (χ0n) is 15.7. The van der Waals surface area contributed by atoms with Gasteiger partial charge >= 0.3 is 6.03 Å². The average Bonchev–Trinajstić information content (AvgIpc) is 2.59. The summed E-state index contributed by atoms with van der Waals surface area (Å²) in [5.74, 6) is 0.249. The van der Waals surface area contributed by atoms with E-state index in [2.05, 4.69) is 41.8 Å². The van der Waals surface area contributed by atoms with E-state index in [9.17, 15) is 9.90 Å². The van der Waals surface area contributed by atoms with Gasteiger partial charge in [-0.3, -0.25) is 0 Å². The van der Waals surface area contributed by atoms with E-state index in [1.807, 2.05) is 6.92 Å². The first-order valence-electron chi connectivity index (χ1n) is 9.26. The lowest BCUT2D eigenvalue weighted by molar-refractivity contribution is 0.0504. The van der Waals surface area contributed by atoms with Crippen molar-refractivity contribution >= 4 is 6.03 Å². The maximum Gasteiger partial charge on any atom is 0.314 e. The number of amides is 2. The number of aryl methyl sites for hydroxylation is 1. The van der Waals surface area contributed by atoms with Crippen LogP contribution >= 0.6 is 0 Å². The predicted molar refractivity (Wildman–Crippen MR) is 99.8 cm³/mol. The smallest absolute Gasteiger partial charge is 0.314 e. The zero-order valence-corrected chi connectivity index (χ0v) is 15.7. The molecule has 1 fully saturated rings. The summed E-state index contributed by atoms with van der Waals surface area (Å²) >= 11 is 0. The number of ether oxygens (including phenoxy) is 1. The summed E-state index contributed by atoms with van der Waals surface area (Å²) in [5.41, 5.74) is 2.50. The first-order valence-corrected chi connectivity index (χ1v) is 9.26. The van der Waals surface area contributed by atoms with Crippen molar-refractivity contribution in [1.82, 2.24) is 10.6 Å². The van der Waals surface area contributed by atoms with E-state index >= 15 is 0 Å². The van der Waals surface area contributed by atoms with E-state index in [1.165, 1.54) is 11.1 Å². The second-order valence-electron chi connectivity index (χ2n) is 7.46. The average molecular weight is 348 g/mol. The van der Waals surface area contributed by atoms with Gasteiger partial charge in [-0.2, -0.15) is 0 Å². The Morgan fingerprint density at radius 3 is 2.56 bits per heavy atom. The van der Waals surface area contributed by atoms with Gasteiger partial charge in [-0.1, -0.05) is 31.2 Å². The van der Waals surface area contributed by atoms with Crippen molar-refractivity contribution < 1.29 is 14.6 Å². The van der Waals surface area contributed by atoms with Crippen LogP contribution in [0.1, 0.15) is 44.2 Å². The zero-order chi connectivity index (χ0) is 18.3. The number of aliphatic hydroxyl groups excluding tert-OH is 1. The quantitative estimate of drug-likeness (QED) is 0.709. The molecule has 0 aromatic heterocycles. The molecule has 1 aliphatic rings. The van der Waals surface area contributed by atoms with Gasteiger partial charge in [0.05, 0.1) is 6.10 Å². The summed E-state index contributed by atoms with van der Waals surface area (Å²) in [4.78, 5) is 12.2. The number of rotatable bonds is 7. The van der Waals surface area contributed by atoms with E-state index < -0.39 is 0 Å². The Bertz CT molecular complexity index is 554. The van der Waals surface area contributed by atoms with Crippen LogP contribution in [0, 0.1) is 12.8 Å². The van der Waals surface area contributed by atoms with Crippen LogP contribution in [0.25, 0.3) is 0 Å². The van der Waals surface area contributed by atoms with E-state index in [0.29, 0.717) is 19.5 Å². The van der Waals surface area contributed by atoms with Crippen molar-refractivity contribution in [3.63, 3.8) is 0 Å². The molecule has 5 nitrogen and oxygen atoms in total. The minimum atomic E-state index is -0.341. The number of benzene rings is 1. The van der Waals surface area contributed by atoms with Gasteiger partial charge in [0.1, 0.15) is 0 Å². The Labute approximate surface area is 151 Å². The van der Waals surface area contributed by atoms with Crippen molar-refractivity contribution in [2.45, 2.75) is 51.6 Å². The van der Waals surface area contributed by atoms with Gasteiger partial charge in [0.15, 0.2) is 0 Å². The SMILES string of the molecule is Cc1ccccc1C1(CNC(=O)NCC(C)CC(C)O)CCOCC1. The van der Waals surface area contributed by atoms with Crippen LogP contribution in [0.2, 0.25) is 0 Å². The van der Waals surface area contributed by atoms with Gasteiger partial charge in [-0.15, -0.1) is 0 Å². The highest BCUT2D eigenvalue weighted by Gasteiger charge is 2.35. The molecule has 1 aliphatic heterocycles. The lowest BCUT2D eigenvalue weighted by Gasteiger charge is -2.39. The van der Waals surface area contributed by atoms with E-state index in [1.54, 1.807) is 6.92 Å². The van der Waals surface area contributed by atoms with E-state index in [-0.39, 0.29) is 23.5 Å². The van der Waals surface area contributed by atoms with Crippen LogP contribution in [0.4, 0.5) is 4.79 Å². The highest BCUT2D eigenvalue weighted by molar-refractivity contribution is 5.74. The molecule has 1 aromatic rings. The minimum Gasteiger partial charge on any atom is -0.393 e. The minimum absolute atomic E-state index is 0.0633. The van der Waals surface area contributed by atoms with Crippen LogP contribution < -0.4 is 10.6 Å². The molecule has 2 atom stereocenters. The fourth-order valence-corrected chi connectivity index (χ4v) is 3.72. The lowest BCUT2D eigenvalue weighted by atomic mass is 9.72. The van der Waals surface area contributed by atoms with Crippen molar-refractivity contribution in [3.05, 3.63) is 35.4 Å². The highest BCUT2D eigenvalue weighted by atomic mass is 16.5. The summed E-state index contributed by atoms with van der Waals surface area (Å²) in [6.07, 6.45) is 2.17. The number of aliphatic hydroxyl groups is 1. The number of carbonyl (C=O) groups excluding carboxylic acids is 1. The third-order valence-corrected chi connectivity index (χ3v) is 5.11. The Kier molecular flexibility index (Phi) is 7.26. The van der Waals surface area contributed by atoms with Gasteiger partial charge < -0.3 is 20.5 Å². The summed E-state index contributed by atoms with van der Waals surface area (Å²) in [6.45, 7) is 8.56. The van der Waals surface area contributed by atoms with Crippen LogP contribution in [-0.4, -0.2) is 43.5 Å². The third kappa shape index (κ3) is 5.72. The standard InChI is InChI=1S/C20H32N2O3/c1-15(12-17(3)23)13-21-19(24)22-14-20(8-10-25-11-9-20)18-7-5-4-6-16(18)2/h4-7,15,17,23H,8-14H2,1-3H3,(H2,21,22,24).